The lowest BCUT2D eigenvalue weighted by molar-refractivity contribution is 0.548. The van der Waals surface area contributed by atoms with Crippen molar-refractivity contribution in [1.82, 2.24) is 0 Å². The number of furan rings is 1. The number of anilines is 1. The fourth-order valence-electron chi connectivity index (χ4n) is 2.41. The Balaban J connectivity index is 2.12. The minimum Gasteiger partial charge on any atom is -0.462 e. The maximum atomic E-state index is 13.9. The predicted octanol–water partition coefficient (Wildman–Crippen LogP) is 3.56. The number of nitrogens with zero attached hydrogens (tertiary/aromatic N) is 1. The van der Waals surface area contributed by atoms with Gasteiger partial charge in [0.2, 0.25) is 0 Å². The van der Waals surface area contributed by atoms with E-state index >= 15 is 0 Å². The molecule has 2 heterocycles. The molecule has 1 aliphatic rings. The highest BCUT2D eigenvalue weighted by molar-refractivity contribution is 5.89. The van der Waals surface area contributed by atoms with E-state index in [1.54, 1.807) is 12.3 Å². The quantitative estimate of drug-likeness (QED) is 0.729. The molecule has 2 aromatic rings. The Bertz CT molecular complexity index is 500. The molecule has 2 nitrogen and oxygen atoms in total. The zero-order valence-electron chi connectivity index (χ0n) is 9.08. The monoisotopic (exact) mass is 219 g/mol. The standard InChI is InChI=1S/C13H14FNO/c14-11-5-4-10-6-9-16-13(10)12(11)15-7-2-1-3-8-15/h4-6,9H,1-3,7-8H2. The van der Waals surface area contributed by atoms with Gasteiger partial charge in [-0.25, -0.2) is 4.39 Å². The second-order valence-electron chi connectivity index (χ2n) is 4.28. The maximum Gasteiger partial charge on any atom is 0.160 e. The van der Waals surface area contributed by atoms with Gasteiger partial charge in [-0.15, -0.1) is 0 Å². The third-order valence-electron chi connectivity index (χ3n) is 3.22. The molecule has 0 aliphatic carbocycles. The summed E-state index contributed by atoms with van der Waals surface area (Å²) >= 11 is 0. The van der Waals surface area contributed by atoms with E-state index in [1.807, 2.05) is 6.07 Å². The SMILES string of the molecule is Fc1ccc2ccoc2c1N1CCCCC1. The highest BCUT2D eigenvalue weighted by Crippen LogP contribution is 2.32. The van der Waals surface area contributed by atoms with Gasteiger partial charge in [0, 0.05) is 18.5 Å². The third kappa shape index (κ3) is 1.47. The number of hydrogen-bond acceptors (Lipinski definition) is 2. The summed E-state index contributed by atoms with van der Waals surface area (Å²) in [5.41, 5.74) is 1.32. The highest BCUT2D eigenvalue weighted by atomic mass is 19.1. The summed E-state index contributed by atoms with van der Waals surface area (Å²) in [5.74, 6) is -0.177. The van der Waals surface area contributed by atoms with Gasteiger partial charge in [-0.2, -0.15) is 0 Å². The van der Waals surface area contributed by atoms with Crippen LogP contribution in [0.2, 0.25) is 0 Å². The Morgan fingerprint density at radius 1 is 1.06 bits per heavy atom. The molecule has 0 unspecified atom stereocenters. The smallest absolute Gasteiger partial charge is 0.160 e. The average molecular weight is 219 g/mol. The van der Waals surface area contributed by atoms with E-state index in [-0.39, 0.29) is 5.82 Å². The minimum absolute atomic E-state index is 0.177. The first kappa shape index (κ1) is 9.70. The van der Waals surface area contributed by atoms with Crippen LogP contribution >= 0.6 is 0 Å². The Labute approximate surface area is 93.7 Å². The molecule has 1 saturated heterocycles. The number of piperidine rings is 1. The van der Waals surface area contributed by atoms with Gasteiger partial charge in [0.1, 0.15) is 11.5 Å². The number of fused-ring (bicyclic) bond motifs is 1. The molecule has 1 fully saturated rings. The van der Waals surface area contributed by atoms with Crippen molar-refractivity contribution in [2.45, 2.75) is 19.3 Å². The van der Waals surface area contributed by atoms with Crippen molar-refractivity contribution in [2.75, 3.05) is 18.0 Å². The summed E-state index contributed by atoms with van der Waals surface area (Å²) in [6.45, 7) is 1.85. The van der Waals surface area contributed by atoms with Gasteiger partial charge in [0.15, 0.2) is 5.58 Å². The van der Waals surface area contributed by atoms with E-state index in [0.717, 1.165) is 31.3 Å². The van der Waals surface area contributed by atoms with Crippen LogP contribution in [0, 0.1) is 5.82 Å². The molecule has 3 heteroatoms. The zero-order chi connectivity index (χ0) is 11.0. The average Bonchev–Trinajstić information content (AvgIpc) is 2.78. The van der Waals surface area contributed by atoms with Crippen LogP contribution in [0.5, 0.6) is 0 Å². The Hall–Kier alpha value is -1.51. The van der Waals surface area contributed by atoms with Crippen molar-refractivity contribution in [3.05, 3.63) is 30.3 Å². The molecule has 16 heavy (non-hydrogen) atoms. The lowest BCUT2D eigenvalue weighted by Crippen LogP contribution is -2.30. The van der Waals surface area contributed by atoms with Crippen LogP contribution in [0.3, 0.4) is 0 Å². The zero-order valence-corrected chi connectivity index (χ0v) is 9.08. The van der Waals surface area contributed by atoms with Gasteiger partial charge < -0.3 is 9.32 Å². The summed E-state index contributed by atoms with van der Waals surface area (Å²) in [6, 6.07) is 5.17. The second kappa shape index (κ2) is 3.81. The van der Waals surface area contributed by atoms with Gasteiger partial charge in [-0.3, -0.25) is 0 Å². The third-order valence-corrected chi connectivity index (χ3v) is 3.22. The van der Waals surface area contributed by atoms with Crippen LogP contribution in [0.25, 0.3) is 11.0 Å². The second-order valence-corrected chi connectivity index (χ2v) is 4.28. The minimum atomic E-state index is -0.177. The van der Waals surface area contributed by atoms with Crippen molar-refractivity contribution in [3.8, 4) is 0 Å². The van der Waals surface area contributed by atoms with Crippen molar-refractivity contribution in [1.29, 1.82) is 0 Å². The van der Waals surface area contributed by atoms with Crippen molar-refractivity contribution >= 4 is 16.7 Å². The van der Waals surface area contributed by atoms with Crippen LogP contribution in [-0.4, -0.2) is 13.1 Å². The van der Waals surface area contributed by atoms with E-state index in [2.05, 4.69) is 4.90 Å². The highest BCUT2D eigenvalue weighted by Gasteiger charge is 2.19. The fourth-order valence-corrected chi connectivity index (χ4v) is 2.41. The van der Waals surface area contributed by atoms with E-state index in [0.29, 0.717) is 11.3 Å². The van der Waals surface area contributed by atoms with E-state index in [1.165, 1.54) is 12.5 Å². The molecule has 0 bridgehead atoms. The van der Waals surface area contributed by atoms with E-state index in [4.69, 9.17) is 4.42 Å². The molecule has 1 aliphatic heterocycles. The van der Waals surface area contributed by atoms with Crippen LogP contribution in [-0.2, 0) is 0 Å². The van der Waals surface area contributed by atoms with Crippen molar-refractivity contribution in [2.24, 2.45) is 0 Å². The van der Waals surface area contributed by atoms with Crippen LogP contribution in [0.1, 0.15) is 19.3 Å². The summed E-state index contributed by atoms with van der Waals surface area (Å²) in [5, 5.41) is 0.974. The molecule has 0 spiro atoms. The van der Waals surface area contributed by atoms with Crippen LogP contribution in [0.15, 0.2) is 28.9 Å². The lowest BCUT2D eigenvalue weighted by atomic mass is 10.1. The molecule has 0 radical (unpaired) electrons. The molecule has 84 valence electrons. The van der Waals surface area contributed by atoms with Gasteiger partial charge in [-0.05, 0) is 37.5 Å². The number of benzene rings is 1. The van der Waals surface area contributed by atoms with Crippen LogP contribution in [0.4, 0.5) is 10.1 Å². The first-order chi connectivity index (χ1) is 7.86. The van der Waals surface area contributed by atoms with Crippen molar-refractivity contribution < 1.29 is 8.81 Å². The molecule has 1 aromatic carbocycles. The van der Waals surface area contributed by atoms with Crippen molar-refractivity contribution in [3.63, 3.8) is 0 Å². The fraction of sp³-hybridized carbons (Fsp3) is 0.385. The normalized spacial score (nSPS) is 16.9. The first-order valence-corrected chi connectivity index (χ1v) is 5.77. The number of hydrogen-bond donors (Lipinski definition) is 0. The topological polar surface area (TPSA) is 16.4 Å². The van der Waals surface area contributed by atoms with E-state index < -0.39 is 0 Å². The summed E-state index contributed by atoms with van der Waals surface area (Å²) < 4.78 is 19.3. The largest absolute Gasteiger partial charge is 0.462 e. The lowest BCUT2D eigenvalue weighted by Gasteiger charge is -2.28. The molecule has 0 saturated carbocycles. The van der Waals surface area contributed by atoms with Gasteiger partial charge >= 0.3 is 0 Å². The molecule has 0 amide bonds. The molecule has 0 atom stereocenters. The molecule has 3 rings (SSSR count). The van der Waals surface area contributed by atoms with Crippen LogP contribution < -0.4 is 4.90 Å². The maximum absolute atomic E-state index is 13.9. The molecule has 0 N–H and O–H groups in total. The number of rotatable bonds is 1. The number of halogens is 1. The Kier molecular flexibility index (Phi) is 2.31. The van der Waals surface area contributed by atoms with Gasteiger partial charge in [0.05, 0.1) is 6.26 Å². The van der Waals surface area contributed by atoms with E-state index in [9.17, 15) is 4.39 Å². The predicted molar refractivity (Wildman–Crippen MR) is 62.2 cm³/mol. The Morgan fingerprint density at radius 2 is 1.88 bits per heavy atom. The summed E-state index contributed by atoms with van der Waals surface area (Å²) in [4.78, 5) is 2.10. The summed E-state index contributed by atoms with van der Waals surface area (Å²) in [6.07, 6.45) is 5.14. The summed E-state index contributed by atoms with van der Waals surface area (Å²) in [7, 11) is 0. The van der Waals surface area contributed by atoms with Gasteiger partial charge in [0.25, 0.3) is 0 Å². The first-order valence-electron chi connectivity index (χ1n) is 5.77. The molecule has 1 aromatic heterocycles. The molecular weight excluding hydrogens is 205 g/mol. The van der Waals surface area contributed by atoms with Gasteiger partial charge in [-0.1, -0.05) is 0 Å². The Morgan fingerprint density at radius 3 is 2.69 bits per heavy atom. The molecular formula is C13H14FNO.